The predicted molar refractivity (Wildman–Crippen MR) is 93.3 cm³/mol. The van der Waals surface area contributed by atoms with Gasteiger partial charge in [0.1, 0.15) is 0 Å². The van der Waals surface area contributed by atoms with Crippen LogP contribution in [0.15, 0.2) is 24.3 Å². The van der Waals surface area contributed by atoms with E-state index in [1.807, 2.05) is 19.1 Å². The topological polar surface area (TPSA) is 125 Å². The second kappa shape index (κ2) is 8.77. The lowest BCUT2D eigenvalue weighted by molar-refractivity contribution is -0.253. The van der Waals surface area contributed by atoms with Crippen molar-refractivity contribution in [2.45, 2.75) is 19.8 Å². The minimum absolute atomic E-state index is 0.125. The van der Waals surface area contributed by atoms with Crippen molar-refractivity contribution in [3.63, 3.8) is 0 Å². The fourth-order valence-corrected chi connectivity index (χ4v) is 3.71. The van der Waals surface area contributed by atoms with Gasteiger partial charge in [-0.15, -0.1) is 0 Å². The zero-order valence-electron chi connectivity index (χ0n) is 14.8. The summed E-state index contributed by atoms with van der Waals surface area (Å²) < 4.78 is 0. The molecule has 8 nitrogen and oxygen atoms in total. The van der Waals surface area contributed by atoms with Crippen LogP contribution in [0.1, 0.15) is 18.4 Å². The van der Waals surface area contributed by atoms with Crippen molar-refractivity contribution in [3.8, 4) is 0 Å². The molecule has 0 bridgehead atoms. The van der Waals surface area contributed by atoms with Gasteiger partial charge in [0.05, 0.1) is 18.4 Å². The van der Waals surface area contributed by atoms with Crippen LogP contribution in [0.5, 0.6) is 0 Å². The van der Waals surface area contributed by atoms with Crippen molar-refractivity contribution >= 4 is 23.5 Å². The standard InChI is InChI=1S/C18H24N2O6/c1-10-3-5-12(6-4-10)20-17(23)14-7-11(9-26-25)13(8-15(21)22)16(14)18(24)19-2/h3-6,11,13-14,16,25H,7-9H2,1-2H3,(H,19,24)(H,20,23)(H,21,22). The second-order valence-corrected chi connectivity index (χ2v) is 6.66. The van der Waals surface area contributed by atoms with Crippen molar-refractivity contribution in [1.82, 2.24) is 5.32 Å². The molecule has 1 aliphatic carbocycles. The van der Waals surface area contributed by atoms with Gasteiger partial charge in [0.15, 0.2) is 0 Å². The summed E-state index contributed by atoms with van der Waals surface area (Å²) >= 11 is 0. The van der Waals surface area contributed by atoms with Gasteiger partial charge >= 0.3 is 5.97 Å². The molecule has 0 aromatic heterocycles. The van der Waals surface area contributed by atoms with Gasteiger partial charge in [-0.25, -0.2) is 4.89 Å². The molecule has 4 N–H and O–H groups in total. The van der Waals surface area contributed by atoms with E-state index < -0.39 is 29.6 Å². The van der Waals surface area contributed by atoms with Crippen LogP contribution >= 0.6 is 0 Å². The van der Waals surface area contributed by atoms with E-state index in [2.05, 4.69) is 15.5 Å². The van der Waals surface area contributed by atoms with Crippen molar-refractivity contribution < 1.29 is 29.6 Å². The number of carbonyl (C=O) groups excluding carboxylic acids is 2. The number of rotatable bonds is 7. The van der Waals surface area contributed by atoms with E-state index in [4.69, 9.17) is 5.26 Å². The summed E-state index contributed by atoms with van der Waals surface area (Å²) in [7, 11) is 1.45. The van der Waals surface area contributed by atoms with Gasteiger partial charge < -0.3 is 15.7 Å². The monoisotopic (exact) mass is 364 g/mol. The first-order valence-electron chi connectivity index (χ1n) is 8.44. The third-order valence-electron chi connectivity index (χ3n) is 4.96. The lowest BCUT2D eigenvalue weighted by Crippen LogP contribution is -2.39. The molecule has 1 saturated carbocycles. The Kier molecular flexibility index (Phi) is 6.70. The lowest BCUT2D eigenvalue weighted by Gasteiger charge is -2.23. The van der Waals surface area contributed by atoms with Crippen LogP contribution in [0.2, 0.25) is 0 Å². The second-order valence-electron chi connectivity index (χ2n) is 6.66. The number of amides is 2. The molecule has 2 rings (SSSR count). The van der Waals surface area contributed by atoms with E-state index >= 15 is 0 Å². The summed E-state index contributed by atoms with van der Waals surface area (Å²) in [5.74, 6) is -4.33. The number of benzene rings is 1. The van der Waals surface area contributed by atoms with Gasteiger partial charge in [0.2, 0.25) is 11.8 Å². The molecule has 1 aromatic carbocycles. The van der Waals surface area contributed by atoms with Crippen LogP contribution in [0.4, 0.5) is 5.69 Å². The molecule has 1 aromatic rings. The van der Waals surface area contributed by atoms with Crippen molar-refractivity contribution in [1.29, 1.82) is 0 Å². The molecule has 4 unspecified atom stereocenters. The van der Waals surface area contributed by atoms with E-state index in [1.165, 1.54) is 7.05 Å². The SMILES string of the molecule is CNC(=O)C1C(C(=O)Nc2ccc(C)cc2)CC(COO)C1CC(=O)O. The van der Waals surface area contributed by atoms with E-state index in [1.54, 1.807) is 12.1 Å². The highest BCUT2D eigenvalue weighted by molar-refractivity contribution is 5.96. The van der Waals surface area contributed by atoms with Crippen molar-refractivity contribution in [3.05, 3.63) is 29.8 Å². The Hall–Kier alpha value is -2.45. The number of nitrogens with one attached hydrogen (secondary N) is 2. The average Bonchev–Trinajstić information content (AvgIpc) is 2.94. The zero-order chi connectivity index (χ0) is 19.3. The van der Waals surface area contributed by atoms with Gasteiger partial charge in [0, 0.05) is 19.2 Å². The molecule has 0 radical (unpaired) electrons. The third-order valence-corrected chi connectivity index (χ3v) is 4.96. The number of anilines is 1. The Bertz CT molecular complexity index is 660. The van der Waals surface area contributed by atoms with Gasteiger partial charge in [-0.3, -0.25) is 19.6 Å². The molecule has 0 heterocycles. The maximum absolute atomic E-state index is 12.8. The number of carboxylic acid groups (broad SMARTS) is 1. The molecule has 4 atom stereocenters. The number of aryl methyl sites for hydroxylation is 1. The first kappa shape index (κ1) is 19.9. The number of carboxylic acids is 1. The number of aliphatic carboxylic acids is 1. The summed E-state index contributed by atoms with van der Waals surface area (Å²) in [6, 6.07) is 7.24. The number of carbonyl (C=O) groups is 3. The molecule has 0 aliphatic heterocycles. The minimum Gasteiger partial charge on any atom is -0.481 e. The highest BCUT2D eigenvalue weighted by atomic mass is 17.1. The van der Waals surface area contributed by atoms with Gasteiger partial charge in [0.25, 0.3) is 0 Å². The predicted octanol–water partition coefficient (Wildman–Crippen LogP) is 1.51. The molecule has 0 spiro atoms. The summed E-state index contributed by atoms with van der Waals surface area (Å²) in [6.07, 6.45) is -0.0191. The zero-order valence-corrected chi connectivity index (χ0v) is 14.8. The quantitative estimate of drug-likeness (QED) is 0.429. The van der Waals surface area contributed by atoms with Crippen LogP contribution < -0.4 is 10.6 Å². The maximum Gasteiger partial charge on any atom is 0.303 e. The highest BCUT2D eigenvalue weighted by Gasteiger charge is 2.50. The molecule has 1 aliphatic rings. The Morgan fingerprint density at radius 2 is 1.85 bits per heavy atom. The first-order chi connectivity index (χ1) is 12.4. The van der Waals surface area contributed by atoms with Crippen LogP contribution in [0.25, 0.3) is 0 Å². The smallest absolute Gasteiger partial charge is 0.303 e. The molecule has 1 fully saturated rings. The first-order valence-corrected chi connectivity index (χ1v) is 8.44. The Balaban J connectivity index is 2.25. The van der Waals surface area contributed by atoms with Gasteiger partial charge in [-0.2, -0.15) is 0 Å². The van der Waals surface area contributed by atoms with Crippen LogP contribution in [0.3, 0.4) is 0 Å². The average molecular weight is 364 g/mol. The fraction of sp³-hybridized carbons (Fsp3) is 0.500. The molecular weight excluding hydrogens is 340 g/mol. The number of hydrogen-bond acceptors (Lipinski definition) is 5. The van der Waals surface area contributed by atoms with Crippen LogP contribution in [-0.2, 0) is 19.3 Å². The van der Waals surface area contributed by atoms with E-state index in [9.17, 15) is 19.5 Å². The van der Waals surface area contributed by atoms with Crippen LogP contribution in [0, 0.1) is 30.6 Å². The molecule has 0 saturated heterocycles. The Labute approximate surface area is 151 Å². The molecular formula is C18H24N2O6. The maximum atomic E-state index is 12.8. The molecule has 8 heteroatoms. The third kappa shape index (κ3) is 4.59. The van der Waals surface area contributed by atoms with Gasteiger partial charge in [-0.05, 0) is 37.3 Å². The summed E-state index contributed by atoms with van der Waals surface area (Å²) in [4.78, 5) is 40.6. The molecule has 2 amide bonds. The lowest BCUT2D eigenvalue weighted by atomic mass is 9.83. The summed E-state index contributed by atoms with van der Waals surface area (Å²) in [6.45, 7) is 1.81. The van der Waals surface area contributed by atoms with E-state index in [0.717, 1.165) is 5.56 Å². The van der Waals surface area contributed by atoms with E-state index in [-0.39, 0.29) is 31.3 Å². The van der Waals surface area contributed by atoms with E-state index in [0.29, 0.717) is 5.69 Å². The van der Waals surface area contributed by atoms with Crippen molar-refractivity contribution in [2.75, 3.05) is 19.0 Å². The van der Waals surface area contributed by atoms with Crippen molar-refractivity contribution in [2.24, 2.45) is 23.7 Å². The highest BCUT2D eigenvalue weighted by Crippen LogP contribution is 2.44. The summed E-state index contributed by atoms with van der Waals surface area (Å²) in [5.41, 5.74) is 1.65. The molecule has 26 heavy (non-hydrogen) atoms. The largest absolute Gasteiger partial charge is 0.481 e. The van der Waals surface area contributed by atoms with Crippen LogP contribution in [-0.4, -0.2) is 41.8 Å². The Morgan fingerprint density at radius 3 is 2.38 bits per heavy atom. The normalized spacial score (nSPS) is 24.9. The molecule has 142 valence electrons. The fourth-order valence-electron chi connectivity index (χ4n) is 3.71. The Morgan fingerprint density at radius 1 is 1.19 bits per heavy atom. The minimum atomic E-state index is -1.06. The van der Waals surface area contributed by atoms with Gasteiger partial charge in [-0.1, -0.05) is 17.7 Å². The number of hydrogen-bond donors (Lipinski definition) is 4. The summed E-state index contributed by atoms with van der Waals surface area (Å²) in [5, 5.41) is 23.3.